The molecule has 0 aromatic carbocycles. The van der Waals surface area contributed by atoms with Crippen LogP contribution in [0.2, 0.25) is 0 Å². The average molecular weight is 531 g/mol. The van der Waals surface area contributed by atoms with Gasteiger partial charge in [-0.05, 0) is 72.5 Å². The van der Waals surface area contributed by atoms with Crippen LogP contribution in [0.1, 0.15) is 100 Å². The SMILES string of the molecule is CC#CC#CC#CC#CC#CC#CC(=O)OC[C@H](CO)OC(=O)CCCCCCCCCCCC.S.[HH].[HH].[HH].[HH].[HH].[HH].[HH].[HH].[HH].[HH].[HH]. The number of carbonyl (C=O) groups excluding carboxylic acids is 2. The molecule has 0 amide bonds. The van der Waals surface area contributed by atoms with E-state index < -0.39 is 24.6 Å². The Hall–Kier alpha value is -3.39. The van der Waals surface area contributed by atoms with E-state index in [0.717, 1.165) is 19.3 Å². The molecule has 214 valence electrons. The van der Waals surface area contributed by atoms with E-state index in [1.54, 1.807) is 6.92 Å². The minimum absolute atomic E-state index is 0. The average Bonchev–Trinajstić information content (AvgIpc) is 2.86. The van der Waals surface area contributed by atoms with Gasteiger partial charge in [-0.25, -0.2) is 4.79 Å². The second-order valence-corrected chi connectivity index (χ2v) is 7.45. The Morgan fingerprint density at radius 1 is 0.750 bits per heavy atom. The summed E-state index contributed by atoms with van der Waals surface area (Å²) in [4.78, 5) is 23.5. The molecule has 1 N–H and O–H groups in total. The van der Waals surface area contributed by atoms with Gasteiger partial charge in [-0.1, -0.05) is 70.6 Å². The molecule has 5 nitrogen and oxygen atoms in total. The summed E-state index contributed by atoms with van der Waals surface area (Å²) in [6, 6.07) is 0. The summed E-state index contributed by atoms with van der Waals surface area (Å²) in [5.74, 6) is 28.0. The van der Waals surface area contributed by atoms with Gasteiger partial charge in [0.15, 0.2) is 6.10 Å². The van der Waals surface area contributed by atoms with Crippen molar-refractivity contribution in [3.63, 3.8) is 0 Å². The molecule has 0 saturated carbocycles. The van der Waals surface area contributed by atoms with Gasteiger partial charge in [0.05, 0.1) is 6.61 Å². The van der Waals surface area contributed by atoms with Gasteiger partial charge in [-0.15, -0.1) is 0 Å². The molecule has 0 aliphatic heterocycles. The number of hydrogen-bond acceptors (Lipinski definition) is 5. The molecule has 36 heavy (non-hydrogen) atoms. The second kappa shape index (κ2) is 27.9. The van der Waals surface area contributed by atoms with Crippen molar-refractivity contribution in [1.82, 2.24) is 0 Å². The van der Waals surface area contributed by atoms with E-state index >= 15 is 0 Å². The van der Waals surface area contributed by atoms with Gasteiger partial charge in [-0.3, -0.25) is 4.79 Å². The smallest absolute Gasteiger partial charge is 0.385 e. The van der Waals surface area contributed by atoms with Gasteiger partial charge in [0.2, 0.25) is 0 Å². The van der Waals surface area contributed by atoms with Crippen molar-refractivity contribution < 1.29 is 39.9 Å². The predicted molar refractivity (Wildman–Crippen MR) is 170 cm³/mol. The molecule has 0 bridgehead atoms. The van der Waals surface area contributed by atoms with Gasteiger partial charge in [0.25, 0.3) is 0 Å². The Kier molecular flexibility index (Phi) is 26.9. The monoisotopic (exact) mass is 530 g/mol. The zero-order valence-electron chi connectivity index (χ0n) is 21.3. The summed E-state index contributed by atoms with van der Waals surface area (Å²) in [6.07, 6.45) is 11.1. The minimum Gasteiger partial charge on any atom is -0.456 e. The number of esters is 2. The third-order valence-corrected chi connectivity index (χ3v) is 4.49. The standard InChI is InChI=1S/C30H34O5.H2S.11H2/c1-3-5-7-9-11-13-15-17-18-20-22-24-29(32)34-27-28(26-31)35-30(33)25-23-21-19-16-14-12-10-8-6-4-2;;;;;;;;;;;;/h28,31H,4,6,8,10,12,14,16,19,21,23,25-27H2,1-2H3;1H2;11*1H/t28-;;;;;;;;;;;;/m0............/s1. The van der Waals surface area contributed by atoms with Crippen LogP contribution >= 0.6 is 13.5 Å². The summed E-state index contributed by atoms with van der Waals surface area (Å²) in [5, 5.41) is 9.34. The zero-order valence-corrected chi connectivity index (χ0v) is 22.3. The molecule has 0 unspecified atom stereocenters. The number of unbranched alkanes of at least 4 members (excludes halogenated alkanes) is 9. The summed E-state index contributed by atoms with van der Waals surface area (Å²) in [5.41, 5.74) is 0. The lowest BCUT2D eigenvalue weighted by Gasteiger charge is -2.14. The van der Waals surface area contributed by atoms with Crippen LogP contribution in [-0.2, 0) is 19.1 Å². The molecule has 0 rings (SSSR count). The van der Waals surface area contributed by atoms with E-state index in [2.05, 4.69) is 78.0 Å². The summed E-state index contributed by atoms with van der Waals surface area (Å²) in [7, 11) is 0. The van der Waals surface area contributed by atoms with Crippen LogP contribution in [0.4, 0.5) is 0 Å². The highest BCUT2D eigenvalue weighted by Crippen LogP contribution is 2.11. The first-order valence-electron chi connectivity index (χ1n) is 12.0. The molecule has 0 saturated heterocycles. The first-order chi connectivity index (χ1) is 17.1. The fourth-order valence-corrected chi connectivity index (χ4v) is 2.73. The van der Waals surface area contributed by atoms with Gasteiger partial charge in [-0.2, -0.15) is 13.5 Å². The Morgan fingerprint density at radius 3 is 1.72 bits per heavy atom. The third-order valence-electron chi connectivity index (χ3n) is 4.49. The lowest BCUT2D eigenvalue weighted by molar-refractivity contribution is -0.159. The second-order valence-electron chi connectivity index (χ2n) is 7.45. The van der Waals surface area contributed by atoms with Crippen molar-refractivity contribution in [1.29, 1.82) is 0 Å². The number of aliphatic hydroxyl groups is 1. The van der Waals surface area contributed by atoms with E-state index in [0.29, 0.717) is 0 Å². The molecule has 0 aromatic heterocycles. The Balaban J connectivity index is -0.0000000876. The van der Waals surface area contributed by atoms with Crippen molar-refractivity contribution in [2.75, 3.05) is 13.2 Å². The first-order valence-corrected chi connectivity index (χ1v) is 12.0. The fraction of sp³-hybridized carbons (Fsp3) is 0.533. The topological polar surface area (TPSA) is 72.8 Å². The largest absolute Gasteiger partial charge is 0.456 e. The van der Waals surface area contributed by atoms with Gasteiger partial charge >= 0.3 is 11.9 Å². The molecule has 6 heteroatoms. The summed E-state index contributed by atoms with van der Waals surface area (Å²) < 4.78 is 10.0. The van der Waals surface area contributed by atoms with E-state index in [9.17, 15) is 14.7 Å². The Labute approximate surface area is 240 Å². The summed E-state index contributed by atoms with van der Waals surface area (Å²) in [6.45, 7) is 3.16. The maximum absolute atomic E-state index is 11.9. The molecule has 0 aliphatic carbocycles. The van der Waals surface area contributed by atoms with Crippen LogP contribution < -0.4 is 0 Å². The van der Waals surface area contributed by atoms with Crippen molar-refractivity contribution in [2.45, 2.75) is 90.6 Å². The number of hydrogen-bond donors (Lipinski definition) is 1. The molecular formula is C30H58O5S. The number of rotatable bonds is 15. The van der Waals surface area contributed by atoms with Crippen molar-refractivity contribution >= 4 is 25.4 Å². The number of ether oxygens (including phenoxy) is 2. The van der Waals surface area contributed by atoms with Crippen LogP contribution in [0.5, 0.6) is 0 Å². The molecular weight excluding hydrogens is 472 g/mol. The van der Waals surface area contributed by atoms with Crippen LogP contribution in [0.3, 0.4) is 0 Å². The minimum atomic E-state index is -0.918. The number of carbonyl (C=O) groups is 2. The molecule has 1 atom stereocenters. The van der Waals surface area contributed by atoms with Gasteiger partial charge in [0.1, 0.15) is 6.61 Å². The van der Waals surface area contributed by atoms with E-state index in [-0.39, 0.29) is 42.2 Å². The van der Waals surface area contributed by atoms with Crippen molar-refractivity contribution in [2.24, 2.45) is 0 Å². The summed E-state index contributed by atoms with van der Waals surface area (Å²) >= 11 is 0. The maximum Gasteiger partial charge on any atom is 0.385 e. The predicted octanol–water partition coefficient (Wildman–Crippen LogP) is 6.60. The normalized spacial score (nSPS) is 8.97. The molecule has 0 fully saturated rings. The van der Waals surface area contributed by atoms with Gasteiger partial charge < -0.3 is 14.6 Å². The molecule has 0 radical (unpaired) electrons. The van der Waals surface area contributed by atoms with Crippen molar-refractivity contribution in [3.05, 3.63) is 0 Å². The van der Waals surface area contributed by atoms with Crippen LogP contribution in [0.15, 0.2) is 0 Å². The Morgan fingerprint density at radius 2 is 1.22 bits per heavy atom. The third kappa shape index (κ3) is 25.2. The van der Waals surface area contributed by atoms with Crippen LogP contribution in [-0.4, -0.2) is 36.4 Å². The highest BCUT2D eigenvalue weighted by Gasteiger charge is 2.15. The first kappa shape index (κ1) is 34.8. The van der Waals surface area contributed by atoms with Gasteiger partial charge in [0, 0.05) is 28.0 Å². The fourth-order valence-electron chi connectivity index (χ4n) is 2.73. The maximum atomic E-state index is 11.9. The molecule has 0 spiro atoms. The van der Waals surface area contributed by atoms with E-state index in [4.69, 9.17) is 9.47 Å². The van der Waals surface area contributed by atoms with Crippen molar-refractivity contribution in [3.8, 4) is 71.0 Å². The zero-order chi connectivity index (χ0) is 25.8. The highest BCUT2D eigenvalue weighted by atomic mass is 32.1. The lowest BCUT2D eigenvalue weighted by Crippen LogP contribution is -2.28. The molecule has 0 heterocycles. The lowest BCUT2D eigenvalue weighted by atomic mass is 10.1. The number of aliphatic hydroxyl groups excluding tert-OH is 1. The van der Waals surface area contributed by atoms with Crippen LogP contribution in [0, 0.1) is 71.0 Å². The molecule has 0 aromatic rings. The van der Waals surface area contributed by atoms with E-state index in [1.807, 2.05) is 0 Å². The Bertz CT molecular complexity index is 1040. The quantitative estimate of drug-likeness (QED) is 0.112. The molecule has 0 aliphatic rings. The highest BCUT2D eigenvalue weighted by molar-refractivity contribution is 7.59. The van der Waals surface area contributed by atoms with Crippen LogP contribution in [0.25, 0.3) is 0 Å². The van der Waals surface area contributed by atoms with E-state index in [1.165, 1.54) is 44.9 Å².